The van der Waals surface area contributed by atoms with Crippen molar-refractivity contribution in [2.75, 3.05) is 47.4 Å². The molecule has 1 aliphatic heterocycles. The minimum absolute atomic E-state index is 0.121. The lowest BCUT2D eigenvalue weighted by molar-refractivity contribution is 0.0947. The summed E-state index contributed by atoms with van der Waals surface area (Å²) < 4.78 is 6.97. The van der Waals surface area contributed by atoms with Gasteiger partial charge in [-0.2, -0.15) is 0 Å². The number of ether oxygens (including phenoxy) is 1. The summed E-state index contributed by atoms with van der Waals surface area (Å²) >= 11 is 0. The number of carbonyl (C=O) groups is 1. The van der Waals surface area contributed by atoms with E-state index in [1.807, 2.05) is 14.1 Å². The Bertz CT molecular complexity index is 610. The lowest BCUT2D eigenvalue weighted by atomic mass is 10.1. The van der Waals surface area contributed by atoms with Crippen molar-refractivity contribution in [1.82, 2.24) is 20.1 Å². The molecule has 1 aromatic heterocycles. The lowest BCUT2D eigenvalue weighted by Crippen LogP contribution is -2.32. The van der Waals surface area contributed by atoms with Crippen molar-refractivity contribution in [2.24, 2.45) is 0 Å². The fourth-order valence-electron chi connectivity index (χ4n) is 2.79. The van der Waals surface area contributed by atoms with Crippen LogP contribution in [0, 0.1) is 0 Å². The minimum atomic E-state index is -0.175. The van der Waals surface area contributed by atoms with Gasteiger partial charge in [0, 0.05) is 44.4 Å². The van der Waals surface area contributed by atoms with Crippen LogP contribution in [0.5, 0.6) is 5.75 Å². The molecule has 1 aromatic rings. The molecule has 0 unspecified atom stereocenters. The van der Waals surface area contributed by atoms with E-state index in [0.29, 0.717) is 30.8 Å². The number of amides is 1. The summed E-state index contributed by atoms with van der Waals surface area (Å²) in [4.78, 5) is 26.9. The average Bonchev–Trinajstić information content (AvgIpc) is 2.77. The van der Waals surface area contributed by atoms with Crippen molar-refractivity contribution < 1.29 is 9.53 Å². The molecule has 7 heteroatoms. The third kappa shape index (κ3) is 4.33. The Morgan fingerprint density at radius 1 is 1.43 bits per heavy atom. The maximum Gasteiger partial charge on any atom is 0.256 e. The molecule has 1 aliphatic rings. The Balaban J connectivity index is 2.25. The van der Waals surface area contributed by atoms with E-state index in [-0.39, 0.29) is 11.5 Å². The van der Waals surface area contributed by atoms with E-state index < -0.39 is 0 Å². The van der Waals surface area contributed by atoms with E-state index in [9.17, 15) is 9.59 Å². The number of pyridine rings is 1. The molecule has 0 spiro atoms. The zero-order valence-corrected chi connectivity index (χ0v) is 14.1. The van der Waals surface area contributed by atoms with E-state index in [1.54, 1.807) is 4.57 Å². The van der Waals surface area contributed by atoms with E-state index in [0.717, 1.165) is 31.7 Å². The molecular weight excluding hydrogens is 296 g/mol. The molecule has 2 N–H and O–H groups in total. The number of rotatable bonds is 6. The second-order valence-corrected chi connectivity index (χ2v) is 5.94. The Hall–Kier alpha value is -1.86. The Morgan fingerprint density at radius 2 is 2.22 bits per heavy atom. The normalized spacial score (nSPS) is 14.3. The highest BCUT2D eigenvalue weighted by atomic mass is 16.5. The van der Waals surface area contributed by atoms with Gasteiger partial charge in [-0.3, -0.25) is 9.59 Å². The molecule has 0 saturated heterocycles. The topological polar surface area (TPSA) is 75.6 Å². The number of nitrogens with zero attached hydrogens (tertiary/aromatic N) is 2. The molecule has 1 amide bonds. The average molecular weight is 322 g/mol. The third-order valence-corrected chi connectivity index (χ3v) is 3.95. The molecule has 0 aliphatic carbocycles. The van der Waals surface area contributed by atoms with Crippen LogP contribution in [0.1, 0.15) is 22.5 Å². The number of nitrogens with one attached hydrogen (secondary N) is 2. The number of fused-ring (bicyclic) bond motifs is 1. The number of methoxy groups -OCH3 is 1. The standard InChI is InChI=1S/C16H26N4O3/c1-19(2)9-4-6-18-16(22)15-12-5-7-17-8-10-20(12)14(21)11-13(15)23-3/h11,17H,4-10H2,1-3H3,(H,18,22). The molecule has 23 heavy (non-hydrogen) atoms. The Morgan fingerprint density at radius 3 is 2.91 bits per heavy atom. The van der Waals surface area contributed by atoms with Crippen LogP contribution in [0.25, 0.3) is 0 Å². The number of carbonyl (C=O) groups excluding carboxylic acids is 1. The van der Waals surface area contributed by atoms with Crippen LogP contribution >= 0.6 is 0 Å². The smallest absolute Gasteiger partial charge is 0.256 e. The van der Waals surface area contributed by atoms with Gasteiger partial charge in [0.2, 0.25) is 0 Å². The summed E-state index contributed by atoms with van der Waals surface area (Å²) in [7, 11) is 5.49. The molecule has 2 heterocycles. The first kappa shape index (κ1) is 17.5. The zero-order chi connectivity index (χ0) is 16.8. The van der Waals surface area contributed by atoms with E-state index in [1.165, 1.54) is 13.2 Å². The molecule has 2 rings (SSSR count). The summed E-state index contributed by atoms with van der Waals surface area (Å²) in [6.07, 6.45) is 1.50. The maximum absolute atomic E-state index is 12.6. The first-order chi connectivity index (χ1) is 11.0. The first-order valence-electron chi connectivity index (χ1n) is 7.99. The maximum atomic E-state index is 12.6. The molecule has 0 fully saturated rings. The van der Waals surface area contributed by atoms with Crippen LogP contribution in [0.2, 0.25) is 0 Å². The van der Waals surface area contributed by atoms with Crippen LogP contribution in [-0.2, 0) is 13.0 Å². The predicted octanol–water partition coefficient (Wildman–Crippen LogP) is -0.316. The van der Waals surface area contributed by atoms with Crippen molar-refractivity contribution in [3.8, 4) is 5.75 Å². The van der Waals surface area contributed by atoms with E-state index >= 15 is 0 Å². The molecule has 0 aromatic carbocycles. The Kier molecular flexibility index (Phi) is 6.18. The quantitative estimate of drug-likeness (QED) is 0.703. The van der Waals surface area contributed by atoms with Gasteiger partial charge in [0.05, 0.1) is 7.11 Å². The molecule has 0 saturated carbocycles. The third-order valence-electron chi connectivity index (χ3n) is 3.95. The number of hydrogen-bond acceptors (Lipinski definition) is 5. The van der Waals surface area contributed by atoms with Crippen LogP contribution in [-0.4, -0.2) is 62.8 Å². The molecular formula is C16H26N4O3. The van der Waals surface area contributed by atoms with E-state index in [2.05, 4.69) is 15.5 Å². The molecule has 7 nitrogen and oxygen atoms in total. The molecule has 0 atom stereocenters. The predicted molar refractivity (Wildman–Crippen MR) is 89.3 cm³/mol. The number of aromatic nitrogens is 1. The summed E-state index contributed by atoms with van der Waals surface area (Å²) in [5.74, 6) is 0.180. The second-order valence-electron chi connectivity index (χ2n) is 5.94. The van der Waals surface area contributed by atoms with Crippen molar-refractivity contribution >= 4 is 5.91 Å². The summed E-state index contributed by atoms with van der Waals surface area (Å²) in [5.41, 5.74) is 1.12. The van der Waals surface area contributed by atoms with Gasteiger partial charge in [0.25, 0.3) is 11.5 Å². The largest absolute Gasteiger partial charge is 0.496 e. The summed E-state index contributed by atoms with van der Waals surface area (Å²) in [6, 6.07) is 1.41. The van der Waals surface area contributed by atoms with Gasteiger partial charge in [0.15, 0.2) is 0 Å². The second kappa shape index (κ2) is 8.12. The van der Waals surface area contributed by atoms with Gasteiger partial charge < -0.3 is 24.8 Å². The minimum Gasteiger partial charge on any atom is -0.496 e. The van der Waals surface area contributed by atoms with Gasteiger partial charge in [-0.15, -0.1) is 0 Å². The first-order valence-corrected chi connectivity index (χ1v) is 7.99. The van der Waals surface area contributed by atoms with Crippen LogP contribution in [0.4, 0.5) is 0 Å². The van der Waals surface area contributed by atoms with Gasteiger partial charge in [-0.25, -0.2) is 0 Å². The molecule has 0 bridgehead atoms. The highest BCUT2D eigenvalue weighted by Gasteiger charge is 2.23. The zero-order valence-electron chi connectivity index (χ0n) is 14.1. The number of hydrogen-bond donors (Lipinski definition) is 2. The summed E-state index contributed by atoms with van der Waals surface area (Å²) in [5, 5.41) is 6.19. The monoisotopic (exact) mass is 322 g/mol. The SMILES string of the molecule is COc1cc(=O)n2c(c1C(=O)NCCCN(C)C)CCNCC2. The fraction of sp³-hybridized carbons (Fsp3) is 0.625. The highest BCUT2D eigenvalue weighted by Crippen LogP contribution is 2.21. The van der Waals surface area contributed by atoms with Crippen molar-refractivity contribution in [3.63, 3.8) is 0 Å². The van der Waals surface area contributed by atoms with Gasteiger partial charge >= 0.3 is 0 Å². The van der Waals surface area contributed by atoms with Gasteiger partial charge in [-0.05, 0) is 27.1 Å². The highest BCUT2D eigenvalue weighted by molar-refractivity contribution is 5.98. The van der Waals surface area contributed by atoms with Crippen LogP contribution in [0.15, 0.2) is 10.9 Å². The van der Waals surface area contributed by atoms with Gasteiger partial charge in [0.1, 0.15) is 11.3 Å². The van der Waals surface area contributed by atoms with E-state index in [4.69, 9.17) is 4.74 Å². The van der Waals surface area contributed by atoms with Crippen molar-refractivity contribution in [3.05, 3.63) is 27.7 Å². The molecule has 0 radical (unpaired) electrons. The van der Waals surface area contributed by atoms with Crippen LogP contribution in [0.3, 0.4) is 0 Å². The van der Waals surface area contributed by atoms with Gasteiger partial charge in [-0.1, -0.05) is 0 Å². The van der Waals surface area contributed by atoms with Crippen molar-refractivity contribution in [1.29, 1.82) is 0 Å². The van der Waals surface area contributed by atoms with Crippen molar-refractivity contribution in [2.45, 2.75) is 19.4 Å². The van der Waals surface area contributed by atoms with Crippen LogP contribution < -0.4 is 20.9 Å². The molecule has 128 valence electrons. The fourth-order valence-corrected chi connectivity index (χ4v) is 2.79. The summed E-state index contributed by atoms with van der Waals surface area (Å²) in [6.45, 7) is 3.54. The lowest BCUT2D eigenvalue weighted by Gasteiger charge is -2.17. The Labute approximate surface area is 136 Å².